The Kier molecular flexibility index (Phi) is 4.82. The van der Waals surface area contributed by atoms with Crippen molar-refractivity contribution in [3.05, 3.63) is 24.3 Å². The second kappa shape index (κ2) is 6.08. The van der Waals surface area contributed by atoms with Crippen LogP contribution in [0.25, 0.3) is 0 Å². The number of benzene rings is 1. The van der Waals surface area contributed by atoms with Crippen molar-refractivity contribution in [1.29, 1.82) is 0 Å². The van der Waals surface area contributed by atoms with Gasteiger partial charge in [0.2, 0.25) is 0 Å². The number of nitrogens with zero attached hydrogens (tertiary/aromatic N) is 3. The van der Waals surface area contributed by atoms with Crippen LogP contribution in [0.1, 0.15) is 0 Å². The highest BCUT2D eigenvalue weighted by atomic mass is 31.3. The Balaban J connectivity index is 2.27. The second-order valence-electron chi connectivity index (χ2n) is 3.29. The first kappa shape index (κ1) is 15.9. The molecule has 0 radical (unpaired) electrons. The molecular weight excluding hydrogens is 346 g/mol. The van der Waals surface area contributed by atoms with Crippen LogP contribution in [0.5, 0.6) is 11.5 Å². The van der Waals surface area contributed by atoms with Gasteiger partial charge in [0.05, 0.1) is 7.11 Å². The van der Waals surface area contributed by atoms with Gasteiger partial charge in [-0.1, -0.05) is 0 Å². The van der Waals surface area contributed by atoms with E-state index >= 15 is 0 Å². The van der Waals surface area contributed by atoms with Gasteiger partial charge in [-0.25, -0.2) is 0 Å². The van der Waals surface area contributed by atoms with Crippen LogP contribution < -0.4 is 9.26 Å². The highest BCUT2D eigenvalue weighted by Gasteiger charge is 2.52. The molecule has 1 aliphatic rings. The topological polar surface area (TPSA) is 37.3 Å². The molecule has 3 atom stereocenters. The van der Waals surface area contributed by atoms with E-state index < -0.39 is 34.1 Å². The molecule has 0 amide bonds. The van der Waals surface area contributed by atoms with Gasteiger partial charge in [0.15, 0.2) is 0 Å². The lowest BCUT2D eigenvalue weighted by atomic mass is 10.3. The molecule has 2 rings (SSSR count). The number of methoxy groups -OCH3 is 1. The van der Waals surface area contributed by atoms with Crippen molar-refractivity contribution < 1.29 is 30.8 Å². The quantitative estimate of drug-likeness (QED) is 0.393. The Bertz CT molecular complexity index is 535. The summed E-state index contributed by atoms with van der Waals surface area (Å²) in [7, 11) is -11.2. The van der Waals surface area contributed by atoms with Crippen LogP contribution in [0.2, 0.25) is 0 Å². The van der Waals surface area contributed by atoms with Crippen LogP contribution in [-0.4, -0.2) is 16.4 Å². The normalized spacial score (nSPS) is 31.7. The maximum absolute atomic E-state index is 14.1. The van der Waals surface area contributed by atoms with Crippen molar-refractivity contribution in [3.63, 3.8) is 0 Å². The number of rotatable bonds is 3. The van der Waals surface area contributed by atoms with Gasteiger partial charge in [0, 0.05) is 4.66 Å². The van der Waals surface area contributed by atoms with Crippen LogP contribution in [0.3, 0.4) is 0 Å². The van der Waals surface area contributed by atoms with E-state index in [1.54, 1.807) is 0 Å². The standard InChI is InChI=1S/C7H7F5N3O2P3/c1-16-6-2-4-7(5-3-6)17-20(12)13-18(10)14(8)19(11)15(20)9/h2-5H,1H3. The Morgan fingerprint density at radius 1 is 1.15 bits per heavy atom. The summed E-state index contributed by atoms with van der Waals surface area (Å²) in [5, 5.41) is 0. The van der Waals surface area contributed by atoms with Gasteiger partial charge in [-0.05, 0) is 28.9 Å². The lowest BCUT2D eigenvalue weighted by Gasteiger charge is -2.29. The lowest BCUT2D eigenvalue weighted by molar-refractivity contribution is 0.176. The van der Waals surface area contributed by atoms with Crippen molar-refractivity contribution in [2.75, 3.05) is 7.11 Å². The van der Waals surface area contributed by atoms with Crippen LogP contribution in [-0.2, 0) is 0 Å². The lowest BCUT2D eigenvalue weighted by Crippen LogP contribution is -2.14. The third-order valence-corrected chi connectivity index (χ3v) is 7.21. The van der Waals surface area contributed by atoms with Crippen molar-refractivity contribution in [2.45, 2.75) is 0 Å². The molecule has 0 aromatic heterocycles. The van der Waals surface area contributed by atoms with Gasteiger partial charge in [0.1, 0.15) is 11.5 Å². The van der Waals surface area contributed by atoms with E-state index in [-0.39, 0.29) is 5.75 Å². The van der Waals surface area contributed by atoms with Crippen LogP contribution in [0.4, 0.5) is 21.6 Å². The van der Waals surface area contributed by atoms with E-state index in [0.29, 0.717) is 5.75 Å². The first-order valence-electron chi connectivity index (χ1n) is 4.87. The minimum atomic E-state index is -5.07. The van der Waals surface area contributed by atoms with E-state index in [4.69, 9.17) is 4.74 Å². The van der Waals surface area contributed by atoms with Crippen LogP contribution in [0.15, 0.2) is 28.8 Å². The number of hydrogen-bond acceptors (Lipinski definition) is 5. The maximum Gasteiger partial charge on any atom is 0.424 e. The molecule has 1 aliphatic heterocycles. The second-order valence-corrected chi connectivity index (χ2v) is 8.13. The molecule has 112 valence electrons. The molecule has 20 heavy (non-hydrogen) atoms. The van der Waals surface area contributed by atoms with E-state index in [0.717, 1.165) is 0 Å². The first-order valence-corrected chi connectivity index (χ1v) is 8.64. The molecular formula is C7H7F5N3O2P3. The summed E-state index contributed by atoms with van der Waals surface area (Å²) >= 11 is 0. The van der Waals surface area contributed by atoms with Gasteiger partial charge in [-0.3, -0.25) is 0 Å². The Hall–Kier alpha value is -0.520. The fourth-order valence-electron chi connectivity index (χ4n) is 1.19. The largest absolute Gasteiger partial charge is 0.497 e. The molecule has 0 aliphatic carbocycles. The van der Waals surface area contributed by atoms with Crippen LogP contribution in [0, 0.1) is 0 Å². The fourth-order valence-corrected chi connectivity index (χ4v) is 5.75. The summed E-state index contributed by atoms with van der Waals surface area (Å²) in [6, 6.07) is 5.14. The highest BCUT2D eigenvalue weighted by molar-refractivity contribution is 7.77. The van der Waals surface area contributed by atoms with Gasteiger partial charge in [-0.2, -0.15) is 8.39 Å². The SMILES string of the molecule is COc1ccc(OP2(F)=NP(F)N(F)P(F)N2F)cc1. The molecule has 0 spiro atoms. The fraction of sp³-hybridized carbons (Fsp3) is 0.143. The summed E-state index contributed by atoms with van der Waals surface area (Å²) in [6.07, 6.45) is 0. The summed E-state index contributed by atoms with van der Waals surface area (Å²) in [5.41, 5.74) is 0. The minimum absolute atomic E-state index is 0.216. The number of ether oxygens (including phenoxy) is 1. The molecule has 0 N–H and O–H groups in total. The monoisotopic (exact) mass is 353 g/mol. The molecule has 1 aromatic carbocycles. The number of halogens is 5. The molecule has 0 saturated heterocycles. The molecule has 13 heteroatoms. The molecule has 1 heterocycles. The van der Waals surface area contributed by atoms with E-state index in [1.165, 1.54) is 31.4 Å². The predicted molar refractivity (Wildman–Crippen MR) is 66.0 cm³/mol. The van der Waals surface area contributed by atoms with E-state index in [9.17, 15) is 21.6 Å². The van der Waals surface area contributed by atoms with Crippen molar-refractivity contribution in [3.8, 4) is 11.5 Å². The summed E-state index contributed by atoms with van der Waals surface area (Å²) in [4.78, 5) is 0. The third-order valence-electron chi connectivity index (χ3n) is 2.08. The zero-order valence-corrected chi connectivity index (χ0v) is 12.4. The average Bonchev–Trinajstić information content (AvgIpc) is 2.44. The highest BCUT2D eigenvalue weighted by Crippen LogP contribution is 2.79. The van der Waals surface area contributed by atoms with E-state index in [1.807, 2.05) is 0 Å². The smallest absolute Gasteiger partial charge is 0.424 e. The van der Waals surface area contributed by atoms with Crippen molar-refractivity contribution in [2.24, 2.45) is 4.52 Å². The molecule has 5 nitrogen and oxygen atoms in total. The Labute approximate surface area is 113 Å². The zero-order chi connectivity index (χ0) is 14.9. The molecule has 1 aromatic rings. The molecule has 0 fully saturated rings. The minimum Gasteiger partial charge on any atom is -0.497 e. The maximum atomic E-state index is 14.1. The van der Waals surface area contributed by atoms with Crippen LogP contribution >= 0.6 is 24.8 Å². The first-order chi connectivity index (χ1) is 9.37. The van der Waals surface area contributed by atoms with Crippen molar-refractivity contribution >= 4 is 24.8 Å². The van der Waals surface area contributed by atoms with Crippen molar-refractivity contribution in [1.82, 2.24) is 9.33 Å². The molecule has 0 bridgehead atoms. The summed E-state index contributed by atoms with van der Waals surface area (Å²) in [5.74, 6) is 0.198. The summed E-state index contributed by atoms with van der Waals surface area (Å²) < 4.78 is 76.2. The Morgan fingerprint density at radius 2 is 1.70 bits per heavy atom. The zero-order valence-electron chi connectivity index (χ0n) is 9.70. The Morgan fingerprint density at radius 3 is 2.25 bits per heavy atom. The van der Waals surface area contributed by atoms with Gasteiger partial charge >= 0.3 is 24.8 Å². The molecule has 0 saturated carbocycles. The molecule has 3 unspecified atom stereocenters. The summed E-state index contributed by atoms with van der Waals surface area (Å²) in [6.45, 7) is 0. The van der Waals surface area contributed by atoms with Gasteiger partial charge in [-0.15, -0.1) is 17.7 Å². The predicted octanol–water partition coefficient (Wildman–Crippen LogP) is 5.77. The van der Waals surface area contributed by atoms with Gasteiger partial charge in [0.25, 0.3) is 0 Å². The average molecular weight is 353 g/mol. The van der Waals surface area contributed by atoms with E-state index in [2.05, 4.69) is 9.04 Å². The van der Waals surface area contributed by atoms with Gasteiger partial charge < -0.3 is 9.26 Å². The third kappa shape index (κ3) is 3.05. The number of hydrogen-bond donors (Lipinski definition) is 0.